The molecule has 1 heterocycles. The Hall–Kier alpha value is -1.33. The van der Waals surface area contributed by atoms with Crippen LogP contribution in [0.1, 0.15) is 13.8 Å². The zero-order chi connectivity index (χ0) is 12.4. The van der Waals surface area contributed by atoms with Crippen molar-refractivity contribution in [2.24, 2.45) is 5.84 Å². The fraction of sp³-hybridized carbons (Fsp3) is 0.545. The summed E-state index contributed by atoms with van der Waals surface area (Å²) in [6, 6.07) is 3.54. The lowest BCUT2D eigenvalue weighted by atomic mass is 10.4. The molecule has 1 rings (SSSR count). The van der Waals surface area contributed by atoms with Gasteiger partial charge in [0.25, 0.3) is 0 Å². The Kier molecular flexibility index (Phi) is 8.19. The van der Waals surface area contributed by atoms with Gasteiger partial charge in [0, 0.05) is 18.8 Å². The summed E-state index contributed by atoms with van der Waals surface area (Å²) in [7, 11) is 3.99. The van der Waals surface area contributed by atoms with Gasteiger partial charge >= 0.3 is 0 Å². The van der Waals surface area contributed by atoms with Crippen LogP contribution in [-0.4, -0.2) is 37.1 Å². The van der Waals surface area contributed by atoms with E-state index in [1.165, 1.54) is 0 Å². The summed E-state index contributed by atoms with van der Waals surface area (Å²) in [5, 5.41) is 0. The number of hydrogen-bond donors (Lipinski definition) is 2. The third-order valence-electron chi connectivity index (χ3n) is 1.69. The molecule has 5 nitrogen and oxygen atoms in total. The summed E-state index contributed by atoms with van der Waals surface area (Å²) in [5.74, 6) is 5.84. The summed E-state index contributed by atoms with van der Waals surface area (Å²) < 4.78 is 5.41. The average molecular weight is 226 g/mol. The molecule has 0 atom stereocenters. The molecule has 92 valence electrons. The van der Waals surface area contributed by atoms with Gasteiger partial charge in [0.05, 0.1) is 5.69 Å². The molecule has 0 fully saturated rings. The van der Waals surface area contributed by atoms with E-state index in [4.69, 9.17) is 10.6 Å². The molecule has 0 aliphatic carbocycles. The molecular weight excluding hydrogens is 204 g/mol. The number of hydrogen-bond acceptors (Lipinski definition) is 5. The van der Waals surface area contributed by atoms with Crippen molar-refractivity contribution >= 4 is 5.69 Å². The summed E-state index contributed by atoms with van der Waals surface area (Å²) >= 11 is 0. The fourth-order valence-electron chi connectivity index (χ4n) is 0.911. The molecule has 0 bridgehead atoms. The first-order valence-corrected chi connectivity index (χ1v) is 5.42. The number of nitrogens with one attached hydrogen (secondary N) is 1. The summed E-state index contributed by atoms with van der Waals surface area (Å²) in [6.45, 7) is 5.48. The topological polar surface area (TPSA) is 63.4 Å². The lowest BCUT2D eigenvalue weighted by Gasteiger charge is -2.10. The van der Waals surface area contributed by atoms with E-state index in [-0.39, 0.29) is 0 Å². The van der Waals surface area contributed by atoms with Crippen LogP contribution in [0.15, 0.2) is 18.3 Å². The number of ether oxygens (including phenoxy) is 1. The van der Waals surface area contributed by atoms with Crippen LogP contribution < -0.4 is 16.0 Å². The largest absolute Gasteiger partial charge is 0.476 e. The van der Waals surface area contributed by atoms with E-state index in [0.29, 0.717) is 12.5 Å². The number of anilines is 1. The molecule has 0 unspecified atom stereocenters. The molecule has 0 aromatic carbocycles. The van der Waals surface area contributed by atoms with Crippen molar-refractivity contribution in [2.45, 2.75) is 13.8 Å². The molecule has 3 N–H and O–H groups in total. The van der Waals surface area contributed by atoms with Crippen LogP contribution in [0.5, 0.6) is 5.88 Å². The van der Waals surface area contributed by atoms with Gasteiger partial charge in [-0.25, -0.2) is 4.98 Å². The number of nitrogen functional groups attached to an aromatic ring is 1. The number of rotatable bonds is 5. The minimum Gasteiger partial charge on any atom is -0.476 e. The quantitative estimate of drug-likeness (QED) is 0.586. The van der Waals surface area contributed by atoms with Crippen LogP contribution in [0.2, 0.25) is 0 Å². The second-order valence-corrected chi connectivity index (χ2v) is 3.18. The van der Waals surface area contributed by atoms with E-state index in [1.54, 1.807) is 18.3 Å². The monoisotopic (exact) mass is 226 g/mol. The highest BCUT2D eigenvalue weighted by molar-refractivity contribution is 5.43. The number of pyridine rings is 1. The van der Waals surface area contributed by atoms with E-state index in [2.05, 4.69) is 10.4 Å². The zero-order valence-corrected chi connectivity index (χ0v) is 10.5. The third-order valence-corrected chi connectivity index (χ3v) is 1.69. The van der Waals surface area contributed by atoms with Crippen molar-refractivity contribution in [2.75, 3.05) is 32.7 Å². The molecule has 1 aromatic rings. The molecule has 1 aromatic heterocycles. The van der Waals surface area contributed by atoms with Gasteiger partial charge in [-0.2, -0.15) is 0 Å². The maximum Gasteiger partial charge on any atom is 0.215 e. The van der Waals surface area contributed by atoms with Gasteiger partial charge in [-0.3, -0.25) is 5.84 Å². The average Bonchev–Trinajstić information content (AvgIpc) is 2.31. The first-order chi connectivity index (χ1) is 7.72. The highest BCUT2D eigenvalue weighted by Gasteiger charge is 1.97. The van der Waals surface area contributed by atoms with E-state index in [0.717, 1.165) is 12.2 Å². The lowest BCUT2D eigenvalue weighted by molar-refractivity contribution is 0.254. The highest BCUT2D eigenvalue weighted by Crippen LogP contribution is 2.12. The molecular formula is C11H22N4O. The molecule has 0 aliphatic rings. The number of likely N-dealkylation sites (N-methyl/N-ethyl adjacent to an activating group) is 1. The van der Waals surface area contributed by atoms with E-state index < -0.39 is 0 Å². The van der Waals surface area contributed by atoms with Gasteiger partial charge < -0.3 is 15.1 Å². The van der Waals surface area contributed by atoms with Crippen molar-refractivity contribution in [3.63, 3.8) is 0 Å². The van der Waals surface area contributed by atoms with Crippen LogP contribution in [0.4, 0.5) is 5.69 Å². The van der Waals surface area contributed by atoms with Gasteiger partial charge in [-0.05, 0) is 20.2 Å². The van der Waals surface area contributed by atoms with Gasteiger partial charge in [0.15, 0.2) is 0 Å². The van der Waals surface area contributed by atoms with Crippen LogP contribution in [0.3, 0.4) is 0 Å². The normalized spacial score (nSPS) is 9.38. The molecule has 0 radical (unpaired) electrons. The molecule has 0 aliphatic heterocycles. The molecule has 0 amide bonds. The number of nitrogens with zero attached hydrogens (tertiary/aromatic N) is 2. The molecule has 0 spiro atoms. The van der Waals surface area contributed by atoms with Crippen molar-refractivity contribution < 1.29 is 4.74 Å². The Morgan fingerprint density at radius 1 is 1.44 bits per heavy atom. The number of hydrazine groups is 1. The predicted molar refractivity (Wildman–Crippen MR) is 67.4 cm³/mol. The zero-order valence-electron chi connectivity index (χ0n) is 10.5. The van der Waals surface area contributed by atoms with Gasteiger partial charge in [-0.15, -0.1) is 0 Å². The molecule has 16 heavy (non-hydrogen) atoms. The predicted octanol–water partition coefficient (Wildman–Crippen LogP) is 1.33. The van der Waals surface area contributed by atoms with Gasteiger partial charge in [0.2, 0.25) is 5.88 Å². The van der Waals surface area contributed by atoms with Crippen molar-refractivity contribution in [1.29, 1.82) is 0 Å². The first kappa shape index (κ1) is 14.7. The maximum atomic E-state index is 5.41. The molecule has 5 heteroatoms. The smallest absolute Gasteiger partial charge is 0.215 e. The van der Waals surface area contributed by atoms with Crippen LogP contribution in [0.25, 0.3) is 0 Å². The summed E-state index contributed by atoms with van der Waals surface area (Å²) in [6.07, 6.45) is 1.65. The van der Waals surface area contributed by atoms with E-state index in [1.807, 2.05) is 32.8 Å². The van der Waals surface area contributed by atoms with Crippen molar-refractivity contribution in [3.8, 4) is 5.88 Å². The Morgan fingerprint density at radius 2 is 2.12 bits per heavy atom. The Balaban J connectivity index is 0.00000106. The second-order valence-electron chi connectivity index (χ2n) is 3.18. The minimum atomic E-state index is 0.585. The highest BCUT2D eigenvalue weighted by atomic mass is 16.5. The second kappa shape index (κ2) is 8.94. The van der Waals surface area contributed by atoms with Crippen molar-refractivity contribution in [1.82, 2.24) is 9.88 Å². The fourth-order valence-corrected chi connectivity index (χ4v) is 0.911. The van der Waals surface area contributed by atoms with E-state index in [9.17, 15) is 0 Å². The van der Waals surface area contributed by atoms with Crippen molar-refractivity contribution in [3.05, 3.63) is 18.3 Å². The first-order valence-electron chi connectivity index (χ1n) is 5.42. The SMILES string of the molecule is CC.CN(C)CCOc1cc(NN)ccn1. The third kappa shape index (κ3) is 6.21. The maximum absolute atomic E-state index is 5.41. The minimum absolute atomic E-state index is 0.585. The number of aromatic nitrogens is 1. The van der Waals surface area contributed by atoms with Crippen LogP contribution in [-0.2, 0) is 0 Å². The molecule has 0 saturated carbocycles. The standard InChI is InChI=1S/C9H16N4O.C2H6/c1-13(2)5-6-14-9-7-8(12-10)3-4-11-9;1-2/h3-4,7H,5-6,10H2,1-2H3,(H,11,12);1-2H3. The van der Waals surface area contributed by atoms with Crippen LogP contribution >= 0.6 is 0 Å². The summed E-state index contributed by atoms with van der Waals surface area (Å²) in [5.41, 5.74) is 3.33. The Morgan fingerprint density at radius 3 is 2.69 bits per heavy atom. The van der Waals surface area contributed by atoms with Crippen LogP contribution in [0, 0.1) is 0 Å². The number of nitrogens with two attached hydrogens (primary N) is 1. The molecule has 0 saturated heterocycles. The Bertz CT molecular complexity index is 278. The van der Waals surface area contributed by atoms with Gasteiger partial charge in [-0.1, -0.05) is 13.8 Å². The summed E-state index contributed by atoms with van der Waals surface area (Å²) in [4.78, 5) is 6.09. The lowest BCUT2D eigenvalue weighted by Crippen LogP contribution is -2.19. The Labute approximate surface area is 97.6 Å². The van der Waals surface area contributed by atoms with Gasteiger partial charge in [0.1, 0.15) is 6.61 Å². The van der Waals surface area contributed by atoms with E-state index >= 15 is 0 Å².